The van der Waals surface area contributed by atoms with E-state index in [1.807, 2.05) is 6.92 Å². The predicted octanol–water partition coefficient (Wildman–Crippen LogP) is 0.424. The quantitative estimate of drug-likeness (QED) is 0.665. The minimum Gasteiger partial charge on any atom is -0.228 e. The maximum Gasteiger partial charge on any atom is 0.228 e. The molecule has 0 aliphatic carbocycles. The predicted molar refractivity (Wildman–Crippen MR) is 64.3 cm³/mol. The first-order valence-corrected chi connectivity index (χ1v) is 8.89. The van der Waals surface area contributed by atoms with E-state index in [9.17, 15) is 16.8 Å². The second kappa shape index (κ2) is 5.60. The summed E-state index contributed by atoms with van der Waals surface area (Å²) in [5, 5.41) is -0.826. The maximum absolute atomic E-state index is 11.5. The van der Waals surface area contributed by atoms with E-state index in [1.54, 1.807) is 0 Å². The van der Waals surface area contributed by atoms with Gasteiger partial charge in [-0.15, -0.1) is 0 Å². The molecule has 0 spiro atoms. The van der Waals surface area contributed by atoms with Crippen molar-refractivity contribution in [3.8, 4) is 0 Å². The molecular formula is C7H16BrNO4S2. The van der Waals surface area contributed by atoms with E-state index in [4.69, 9.17) is 0 Å². The second-order valence-corrected chi connectivity index (χ2v) is 9.69. The van der Waals surface area contributed by atoms with Crippen molar-refractivity contribution in [3.05, 3.63) is 0 Å². The highest BCUT2D eigenvalue weighted by molar-refractivity contribution is 9.09. The third kappa shape index (κ3) is 7.26. The highest BCUT2D eigenvalue weighted by Crippen LogP contribution is 2.08. The van der Waals surface area contributed by atoms with Gasteiger partial charge in [0.25, 0.3) is 0 Å². The molecule has 92 valence electrons. The van der Waals surface area contributed by atoms with Crippen molar-refractivity contribution in [1.82, 2.24) is 4.31 Å². The lowest BCUT2D eigenvalue weighted by atomic mass is 10.3. The summed E-state index contributed by atoms with van der Waals surface area (Å²) < 4.78 is 45.8. The van der Waals surface area contributed by atoms with Crippen LogP contribution in [-0.4, -0.2) is 50.9 Å². The Labute approximate surface area is 99.9 Å². The molecule has 0 radical (unpaired) electrons. The smallest absolute Gasteiger partial charge is 0.228 e. The van der Waals surface area contributed by atoms with E-state index < -0.39 is 24.9 Å². The third-order valence-electron chi connectivity index (χ3n) is 1.68. The van der Waals surface area contributed by atoms with Crippen LogP contribution in [0.1, 0.15) is 13.3 Å². The molecule has 0 heterocycles. The molecule has 0 saturated carbocycles. The number of hydrogen-bond donors (Lipinski definition) is 0. The van der Waals surface area contributed by atoms with Crippen LogP contribution in [0.25, 0.3) is 0 Å². The summed E-state index contributed by atoms with van der Waals surface area (Å²) in [4.78, 5) is 0.202. The fourth-order valence-electron chi connectivity index (χ4n) is 0.859. The van der Waals surface area contributed by atoms with Crippen LogP contribution in [0.15, 0.2) is 0 Å². The topological polar surface area (TPSA) is 71.5 Å². The summed E-state index contributed by atoms with van der Waals surface area (Å²) in [7, 11) is -5.81. The zero-order valence-corrected chi connectivity index (χ0v) is 12.2. The van der Waals surface area contributed by atoms with Gasteiger partial charge in [0.15, 0.2) is 14.9 Å². The van der Waals surface area contributed by atoms with Gasteiger partial charge in [-0.25, -0.2) is 21.1 Å². The molecular weight excluding hydrogens is 306 g/mol. The Balaban J connectivity index is 4.48. The van der Waals surface area contributed by atoms with E-state index in [0.717, 1.165) is 10.6 Å². The van der Waals surface area contributed by atoms with Crippen LogP contribution in [-0.2, 0) is 19.9 Å². The highest BCUT2D eigenvalue weighted by Gasteiger charge is 2.23. The average Bonchev–Trinajstić information content (AvgIpc) is 1.94. The van der Waals surface area contributed by atoms with Gasteiger partial charge in [0.05, 0.1) is 0 Å². The first kappa shape index (κ1) is 15.3. The number of halogens is 1. The van der Waals surface area contributed by atoms with Gasteiger partial charge in [0.2, 0.25) is 10.0 Å². The van der Waals surface area contributed by atoms with Crippen molar-refractivity contribution in [2.45, 2.75) is 18.2 Å². The minimum atomic E-state index is -3.69. The molecule has 0 amide bonds. The van der Waals surface area contributed by atoms with Crippen LogP contribution in [0.2, 0.25) is 0 Å². The summed E-state index contributed by atoms with van der Waals surface area (Å²) in [5.41, 5.74) is 0. The Kier molecular flexibility index (Phi) is 5.73. The Bertz CT molecular complexity index is 387. The molecule has 0 rings (SSSR count). The third-order valence-corrected chi connectivity index (χ3v) is 6.17. The molecule has 0 saturated heterocycles. The Morgan fingerprint density at radius 1 is 1.27 bits per heavy atom. The molecule has 0 aromatic heterocycles. The normalized spacial score (nSPS) is 15.5. The first-order valence-electron chi connectivity index (χ1n) is 4.30. The number of alkyl halides is 1. The van der Waals surface area contributed by atoms with Gasteiger partial charge in [-0.05, 0) is 6.42 Å². The first-order chi connectivity index (χ1) is 6.54. The summed E-state index contributed by atoms with van der Waals surface area (Å²) in [6.45, 7) is 2.21. The van der Waals surface area contributed by atoms with Crippen molar-refractivity contribution in [3.63, 3.8) is 0 Å². The molecule has 0 aromatic rings. The SMILES string of the molecule is CC(Br)CCN(C)S(=O)(=O)CS(C)(=O)=O. The van der Waals surface area contributed by atoms with Crippen LogP contribution in [0.3, 0.4) is 0 Å². The van der Waals surface area contributed by atoms with Gasteiger partial charge in [-0.3, -0.25) is 0 Å². The zero-order valence-electron chi connectivity index (χ0n) is 8.97. The monoisotopic (exact) mass is 321 g/mol. The van der Waals surface area contributed by atoms with Gasteiger partial charge in [0, 0.05) is 24.7 Å². The fourth-order valence-corrected chi connectivity index (χ4v) is 4.33. The van der Waals surface area contributed by atoms with Gasteiger partial charge in [-0.2, -0.15) is 0 Å². The van der Waals surface area contributed by atoms with E-state index in [1.165, 1.54) is 7.05 Å². The molecule has 1 unspecified atom stereocenters. The lowest BCUT2D eigenvalue weighted by Crippen LogP contribution is -2.33. The van der Waals surface area contributed by atoms with Gasteiger partial charge in [0.1, 0.15) is 0 Å². The highest BCUT2D eigenvalue weighted by atomic mass is 79.9. The number of sulfone groups is 1. The molecule has 5 nitrogen and oxygen atoms in total. The minimum absolute atomic E-state index is 0.202. The Morgan fingerprint density at radius 2 is 1.73 bits per heavy atom. The van der Waals surface area contributed by atoms with Gasteiger partial charge >= 0.3 is 0 Å². The van der Waals surface area contributed by atoms with E-state index in [0.29, 0.717) is 13.0 Å². The lowest BCUT2D eigenvalue weighted by Gasteiger charge is -2.16. The van der Waals surface area contributed by atoms with Crippen molar-refractivity contribution < 1.29 is 16.8 Å². The van der Waals surface area contributed by atoms with Crippen molar-refractivity contribution in [1.29, 1.82) is 0 Å². The number of sulfonamides is 1. The molecule has 1 atom stereocenters. The summed E-state index contributed by atoms with van der Waals surface area (Å²) in [6.07, 6.45) is 1.55. The zero-order chi connectivity index (χ0) is 12.3. The van der Waals surface area contributed by atoms with Crippen LogP contribution in [0, 0.1) is 0 Å². The summed E-state index contributed by atoms with van der Waals surface area (Å²) in [6, 6.07) is 0. The van der Waals surface area contributed by atoms with Crippen molar-refractivity contribution in [2.24, 2.45) is 0 Å². The van der Waals surface area contributed by atoms with Crippen LogP contribution in [0.5, 0.6) is 0 Å². The second-order valence-electron chi connectivity index (χ2n) is 3.55. The standard InChI is InChI=1S/C7H16BrNO4S2/c1-7(8)4-5-9(2)15(12,13)6-14(3,10)11/h7H,4-6H2,1-3H3. The number of rotatable bonds is 6. The molecule has 0 N–H and O–H groups in total. The summed E-state index contributed by atoms with van der Waals surface area (Å²) in [5.74, 6) is 0. The van der Waals surface area contributed by atoms with Crippen molar-refractivity contribution >= 4 is 35.8 Å². The molecule has 8 heteroatoms. The number of hydrogen-bond acceptors (Lipinski definition) is 4. The molecule has 0 bridgehead atoms. The van der Waals surface area contributed by atoms with E-state index in [-0.39, 0.29) is 4.83 Å². The van der Waals surface area contributed by atoms with E-state index in [2.05, 4.69) is 15.9 Å². The molecule has 0 aromatic carbocycles. The van der Waals surface area contributed by atoms with Crippen LogP contribution >= 0.6 is 15.9 Å². The maximum atomic E-state index is 11.5. The molecule has 15 heavy (non-hydrogen) atoms. The average molecular weight is 322 g/mol. The fraction of sp³-hybridized carbons (Fsp3) is 1.00. The number of nitrogens with zero attached hydrogens (tertiary/aromatic N) is 1. The molecule has 0 fully saturated rings. The Hall–Kier alpha value is 0.340. The van der Waals surface area contributed by atoms with Crippen LogP contribution < -0.4 is 0 Å². The lowest BCUT2D eigenvalue weighted by molar-refractivity contribution is 0.465. The largest absolute Gasteiger partial charge is 0.228 e. The van der Waals surface area contributed by atoms with Crippen molar-refractivity contribution in [2.75, 3.05) is 24.9 Å². The van der Waals surface area contributed by atoms with Gasteiger partial charge in [-0.1, -0.05) is 22.9 Å². The van der Waals surface area contributed by atoms with Gasteiger partial charge < -0.3 is 0 Å². The summed E-state index contributed by atoms with van der Waals surface area (Å²) >= 11 is 3.29. The van der Waals surface area contributed by atoms with Crippen LogP contribution in [0.4, 0.5) is 0 Å². The molecule has 0 aliphatic rings. The molecule has 0 aliphatic heterocycles. The Morgan fingerprint density at radius 3 is 2.07 bits per heavy atom. The van der Waals surface area contributed by atoms with E-state index >= 15 is 0 Å².